The average molecular weight is 721 g/mol. The van der Waals surface area contributed by atoms with Crippen LogP contribution in [0, 0.1) is 0 Å². The van der Waals surface area contributed by atoms with Crippen molar-refractivity contribution < 1.29 is 0 Å². The SMILES string of the molecule is c1ccc(-c2ccccc2N(c2ccccc2)c2ccc3sc4cc5ccccc5cc4c3c2N(c2ccccc2)c2ccccc2-c2ccccc2)cc1. The lowest BCUT2D eigenvalue weighted by molar-refractivity contribution is 1.24. The monoisotopic (exact) mass is 720 g/mol. The normalized spacial score (nSPS) is 11.3. The van der Waals surface area contributed by atoms with E-state index in [4.69, 9.17) is 0 Å². The van der Waals surface area contributed by atoms with Crippen LogP contribution in [0.5, 0.6) is 0 Å². The van der Waals surface area contributed by atoms with Gasteiger partial charge in [0.25, 0.3) is 0 Å². The number of para-hydroxylation sites is 4. The number of benzene rings is 9. The summed E-state index contributed by atoms with van der Waals surface area (Å²) in [7, 11) is 0. The van der Waals surface area contributed by atoms with Gasteiger partial charge in [-0.1, -0.05) is 158 Å². The van der Waals surface area contributed by atoms with Gasteiger partial charge in [-0.2, -0.15) is 0 Å². The van der Waals surface area contributed by atoms with E-state index >= 15 is 0 Å². The molecule has 0 aliphatic rings. The van der Waals surface area contributed by atoms with E-state index in [0.717, 1.165) is 45.3 Å². The molecule has 260 valence electrons. The summed E-state index contributed by atoms with van der Waals surface area (Å²) >= 11 is 1.87. The number of hydrogen-bond acceptors (Lipinski definition) is 3. The first kappa shape index (κ1) is 32.7. The van der Waals surface area contributed by atoms with Crippen molar-refractivity contribution in [1.82, 2.24) is 0 Å². The molecule has 0 unspecified atom stereocenters. The Balaban J connectivity index is 1.37. The number of thiophene rings is 1. The summed E-state index contributed by atoms with van der Waals surface area (Å²) in [5.74, 6) is 0. The molecule has 0 saturated heterocycles. The van der Waals surface area contributed by atoms with E-state index in [1.165, 1.54) is 42.1 Å². The summed E-state index contributed by atoms with van der Waals surface area (Å²) in [5, 5.41) is 4.96. The Morgan fingerprint density at radius 1 is 0.327 bits per heavy atom. The van der Waals surface area contributed by atoms with Crippen molar-refractivity contribution in [3.8, 4) is 22.3 Å². The topological polar surface area (TPSA) is 6.48 Å². The fourth-order valence-electron chi connectivity index (χ4n) is 7.94. The van der Waals surface area contributed by atoms with Crippen LogP contribution in [0.3, 0.4) is 0 Å². The molecule has 0 radical (unpaired) electrons. The minimum absolute atomic E-state index is 1.08. The minimum atomic E-state index is 1.08. The molecule has 10 rings (SSSR count). The highest BCUT2D eigenvalue weighted by atomic mass is 32.1. The third-order valence-electron chi connectivity index (χ3n) is 10.4. The van der Waals surface area contributed by atoms with Crippen LogP contribution in [0.25, 0.3) is 53.2 Å². The standard InChI is InChI=1S/C52H36N2S/c1-5-19-37(20-6-1)43-29-15-17-31-46(43)53(41-25-9-3-10-26-41)48-33-34-49-51(45-35-39-23-13-14-24-40(39)36-50(45)55-49)52(48)54(42-27-11-4-12-28-42)47-32-18-16-30-44(47)38-21-7-2-8-22-38/h1-36H. The quantitative estimate of drug-likeness (QED) is 0.154. The van der Waals surface area contributed by atoms with Crippen molar-refractivity contribution in [2.75, 3.05) is 9.80 Å². The molecular weight excluding hydrogens is 685 g/mol. The van der Waals surface area contributed by atoms with Gasteiger partial charge in [0.15, 0.2) is 0 Å². The molecule has 1 heterocycles. The molecule has 0 saturated carbocycles. The molecule has 10 aromatic rings. The second-order valence-corrected chi connectivity index (χ2v) is 14.8. The zero-order chi connectivity index (χ0) is 36.6. The van der Waals surface area contributed by atoms with Crippen LogP contribution in [0.1, 0.15) is 0 Å². The lowest BCUT2D eigenvalue weighted by atomic mass is 9.98. The van der Waals surface area contributed by atoms with E-state index in [2.05, 4.69) is 228 Å². The summed E-state index contributed by atoms with van der Waals surface area (Å²) in [6, 6.07) is 78.9. The Bertz CT molecular complexity index is 2920. The molecule has 0 aliphatic heterocycles. The Labute approximate surface area is 325 Å². The van der Waals surface area contributed by atoms with Gasteiger partial charge in [0.2, 0.25) is 0 Å². The predicted octanol–water partition coefficient (Wildman–Crippen LogP) is 15.5. The van der Waals surface area contributed by atoms with Gasteiger partial charge in [0.05, 0.1) is 22.7 Å². The molecule has 0 N–H and O–H groups in total. The summed E-state index contributed by atoms with van der Waals surface area (Å²) in [4.78, 5) is 4.96. The molecule has 3 heteroatoms. The van der Waals surface area contributed by atoms with E-state index in [1.54, 1.807) is 0 Å². The zero-order valence-electron chi connectivity index (χ0n) is 30.1. The highest BCUT2D eigenvalue weighted by Gasteiger charge is 2.29. The Morgan fingerprint density at radius 2 is 0.782 bits per heavy atom. The highest BCUT2D eigenvalue weighted by molar-refractivity contribution is 7.26. The first-order chi connectivity index (χ1) is 27.3. The van der Waals surface area contributed by atoms with Crippen LogP contribution < -0.4 is 9.80 Å². The third-order valence-corrected chi connectivity index (χ3v) is 11.5. The van der Waals surface area contributed by atoms with Crippen molar-refractivity contribution in [2.45, 2.75) is 0 Å². The fourth-order valence-corrected chi connectivity index (χ4v) is 9.08. The van der Waals surface area contributed by atoms with E-state index < -0.39 is 0 Å². The van der Waals surface area contributed by atoms with Crippen LogP contribution in [0.2, 0.25) is 0 Å². The first-order valence-corrected chi connectivity index (χ1v) is 19.5. The molecule has 55 heavy (non-hydrogen) atoms. The van der Waals surface area contributed by atoms with E-state index in [-0.39, 0.29) is 0 Å². The summed E-state index contributed by atoms with van der Waals surface area (Å²) < 4.78 is 2.51. The number of nitrogens with zero attached hydrogens (tertiary/aromatic N) is 2. The molecule has 0 amide bonds. The van der Waals surface area contributed by atoms with Crippen molar-refractivity contribution in [3.63, 3.8) is 0 Å². The molecule has 0 atom stereocenters. The van der Waals surface area contributed by atoms with Crippen molar-refractivity contribution in [1.29, 1.82) is 0 Å². The van der Waals surface area contributed by atoms with Gasteiger partial charge in [-0.15, -0.1) is 11.3 Å². The number of anilines is 6. The molecular formula is C52H36N2S. The lowest BCUT2D eigenvalue weighted by Gasteiger charge is -2.35. The van der Waals surface area contributed by atoms with Gasteiger partial charge in [0.1, 0.15) is 0 Å². The molecule has 0 fully saturated rings. The highest BCUT2D eigenvalue weighted by Crippen LogP contribution is 2.54. The average Bonchev–Trinajstić information content (AvgIpc) is 3.63. The zero-order valence-corrected chi connectivity index (χ0v) is 30.9. The van der Waals surface area contributed by atoms with Crippen LogP contribution in [-0.2, 0) is 0 Å². The van der Waals surface area contributed by atoms with Gasteiger partial charge in [-0.05, 0) is 82.6 Å². The summed E-state index contributed by atoms with van der Waals surface area (Å²) in [6.45, 7) is 0. The molecule has 0 spiro atoms. The number of fused-ring (bicyclic) bond motifs is 4. The van der Waals surface area contributed by atoms with Crippen molar-refractivity contribution >= 4 is 76.4 Å². The first-order valence-electron chi connectivity index (χ1n) is 18.7. The van der Waals surface area contributed by atoms with Gasteiger partial charge in [-0.25, -0.2) is 0 Å². The van der Waals surface area contributed by atoms with Crippen LogP contribution in [0.15, 0.2) is 218 Å². The molecule has 2 nitrogen and oxygen atoms in total. The van der Waals surface area contributed by atoms with Crippen molar-refractivity contribution in [3.05, 3.63) is 218 Å². The molecule has 0 bridgehead atoms. The maximum absolute atomic E-state index is 2.50. The fraction of sp³-hybridized carbons (Fsp3) is 0. The second kappa shape index (κ2) is 14.1. The predicted molar refractivity (Wildman–Crippen MR) is 237 cm³/mol. The Kier molecular flexibility index (Phi) is 8.40. The Morgan fingerprint density at radius 3 is 1.36 bits per heavy atom. The van der Waals surface area contributed by atoms with E-state index in [9.17, 15) is 0 Å². The number of rotatable bonds is 8. The van der Waals surface area contributed by atoms with Crippen LogP contribution >= 0.6 is 11.3 Å². The lowest BCUT2D eigenvalue weighted by Crippen LogP contribution is -2.18. The molecule has 0 aliphatic carbocycles. The molecule has 1 aromatic heterocycles. The Hall–Kier alpha value is -6.94. The smallest absolute Gasteiger partial charge is 0.0796 e. The van der Waals surface area contributed by atoms with E-state index in [1.807, 2.05) is 11.3 Å². The maximum atomic E-state index is 2.50. The van der Waals surface area contributed by atoms with Gasteiger partial charge in [-0.3, -0.25) is 0 Å². The maximum Gasteiger partial charge on any atom is 0.0796 e. The summed E-state index contributed by atoms with van der Waals surface area (Å²) in [6.07, 6.45) is 0. The second-order valence-electron chi connectivity index (χ2n) is 13.7. The van der Waals surface area contributed by atoms with E-state index in [0.29, 0.717) is 0 Å². The summed E-state index contributed by atoms with van der Waals surface area (Å²) in [5.41, 5.74) is 11.3. The van der Waals surface area contributed by atoms with Crippen LogP contribution in [0.4, 0.5) is 34.1 Å². The molecule has 9 aromatic carbocycles. The van der Waals surface area contributed by atoms with Gasteiger partial charge in [0, 0.05) is 42.7 Å². The third kappa shape index (κ3) is 5.92. The number of hydrogen-bond donors (Lipinski definition) is 0. The van der Waals surface area contributed by atoms with Gasteiger partial charge >= 0.3 is 0 Å². The van der Waals surface area contributed by atoms with Gasteiger partial charge < -0.3 is 9.80 Å². The minimum Gasteiger partial charge on any atom is -0.308 e. The largest absolute Gasteiger partial charge is 0.308 e. The van der Waals surface area contributed by atoms with Crippen LogP contribution in [-0.4, -0.2) is 0 Å². The van der Waals surface area contributed by atoms with Crippen molar-refractivity contribution in [2.24, 2.45) is 0 Å².